The van der Waals surface area contributed by atoms with Gasteiger partial charge >= 0.3 is 5.97 Å². The quantitative estimate of drug-likeness (QED) is 0.886. The van der Waals surface area contributed by atoms with Crippen molar-refractivity contribution >= 4 is 11.8 Å². The minimum Gasteiger partial charge on any atom is -0.479 e. The van der Waals surface area contributed by atoms with E-state index < -0.39 is 11.5 Å². The van der Waals surface area contributed by atoms with E-state index in [0.717, 1.165) is 30.2 Å². The van der Waals surface area contributed by atoms with Gasteiger partial charge in [-0.3, -0.25) is 4.98 Å². The molecule has 2 rings (SSSR count). The van der Waals surface area contributed by atoms with E-state index in [1.165, 1.54) is 0 Å². The number of aliphatic carboxylic acids is 1. The highest BCUT2D eigenvalue weighted by atomic mass is 16.4. The Morgan fingerprint density at radius 3 is 2.89 bits per heavy atom. The fourth-order valence-electron chi connectivity index (χ4n) is 2.71. The van der Waals surface area contributed by atoms with Crippen LogP contribution >= 0.6 is 0 Å². The van der Waals surface area contributed by atoms with Crippen LogP contribution in [0.4, 0.5) is 5.82 Å². The SMILES string of the molecule is CCC1(C(=O)O)CCCN1c1nc(C)cnc1C. The van der Waals surface area contributed by atoms with Gasteiger partial charge in [-0.05, 0) is 33.1 Å². The molecule has 0 spiro atoms. The van der Waals surface area contributed by atoms with E-state index in [1.54, 1.807) is 6.20 Å². The Labute approximate surface area is 107 Å². The molecule has 18 heavy (non-hydrogen) atoms. The smallest absolute Gasteiger partial charge is 0.329 e. The Kier molecular flexibility index (Phi) is 3.24. The van der Waals surface area contributed by atoms with Crippen molar-refractivity contribution in [2.75, 3.05) is 11.4 Å². The predicted molar refractivity (Wildman–Crippen MR) is 68.7 cm³/mol. The first-order chi connectivity index (χ1) is 8.51. The van der Waals surface area contributed by atoms with Crippen LogP contribution in [0.15, 0.2) is 6.20 Å². The van der Waals surface area contributed by atoms with Crippen LogP contribution in [0.2, 0.25) is 0 Å². The lowest BCUT2D eigenvalue weighted by atomic mass is 9.93. The molecular formula is C13H19N3O2. The predicted octanol–water partition coefficient (Wildman–Crippen LogP) is 1.93. The minimum atomic E-state index is -0.812. The molecule has 5 nitrogen and oxygen atoms in total. The standard InChI is InChI=1S/C13H19N3O2/c1-4-13(12(17)18)6-5-7-16(13)11-10(3)14-8-9(2)15-11/h8H,4-7H2,1-3H3,(H,17,18). The first kappa shape index (κ1) is 12.8. The first-order valence-corrected chi connectivity index (χ1v) is 6.32. The maximum absolute atomic E-state index is 11.6. The van der Waals surface area contributed by atoms with Crippen LogP contribution in [0.3, 0.4) is 0 Å². The summed E-state index contributed by atoms with van der Waals surface area (Å²) >= 11 is 0. The van der Waals surface area contributed by atoms with Crippen molar-refractivity contribution < 1.29 is 9.90 Å². The van der Waals surface area contributed by atoms with Gasteiger partial charge in [0.05, 0.1) is 11.4 Å². The second-order valence-corrected chi connectivity index (χ2v) is 4.87. The number of anilines is 1. The summed E-state index contributed by atoms with van der Waals surface area (Å²) in [7, 11) is 0. The van der Waals surface area contributed by atoms with Gasteiger partial charge in [0.2, 0.25) is 0 Å². The summed E-state index contributed by atoms with van der Waals surface area (Å²) in [6.07, 6.45) is 3.85. The average Bonchev–Trinajstić information content (AvgIpc) is 2.77. The summed E-state index contributed by atoms with van der Waals surface area (Å²) in [5.41, 5.74) is 0.798. The Hall–Kier alpha value is -1.65. The molecule has 0 saturated carbocycles. The minimum absolute atomic E-state index is 0.581. The van der Waals surface area contributed by atoms with Gasteiger partial charge in [0.25, 0.3) is 0 Å². The van der Waals surface area contributed by atoms with Gasteiger partial charge in [0.15, 0.2) is 5.82 Å². The van der Waals surface area contributed by atoms with E-state index in [9.17, 15) is 9.90 Å². The van der Waals surface area contributed by atoms with Crippen molar-refractivity contribution in [2.24, 2.45) is 0 Å². The van der Waals surface area contributed by atoms with Crippen molar-refractivity contribution in [3.63, 3.8) is 0 Å². The molecule has 1 aromatic heterocycles. The highest BCUT2D eigenvalue weighted by Gasteiger charge is 2.47. The van der Waals surface area contributed by atoms with Crippen molar-refractivity contribution in [3.8, 4) is 0 Å². The van der Waals surface area contributed by atoms with Crippen molar-refractivity contribution in [1.29, 1.82) is 0 Å². The average molecular weight is 249 g/mol. The van der Waals surface area contributed by atoms with E-state index in [-0.39, 0.29) is 0 Å². The van der Waals surface area contributed by atoms with E-state index in [2.05, 4.69) is 9.97 Å². The fraction of sp³-hybridized carbons (Fsp3) is 0.615. The lowest BCUT2D eigenvalue weighted by Gasteiger charge is -2.35. The van der Waals surface area contributed by atoms with Crippen molar-refractivity contribution in [1.82, 2.24) is 9.97 Å². The molecule has 98 valence electrons. The first-order valence-electron chi connectivity index (χ1n) is 6.32. The normalized spacial score (nSPS) is 23.4. The number of hydrogen-bond acceptors (Lipinski definition) is 4. The number of aromatic nitrogens is 2. The van der Waals surface area contributed by atoms with Gasteiger partial charge in [-0.15, -0.1) is 0 Å². The number of carbonyl (C=O) groups is 1. The molecule has 2 heterocycles. The van der Waals surface area contributed by atoms with Gasteiger partial charge < -0.3 is 10.0 Å². The number of carboxylic acids is 1. The molecule has 1 N–H and O–H groups in total. The monoisotopic (exact) mass is 249 g/mol. The van der Waals surface area contributed by atoms with E-state index in [1.807, 2.05) is 25.7 Å². The van der Waals surface area contributed by atoms with Crippen LogP contribution in [-0.4, -0.2) is 33.1 Å². The molecule has 1 fully saturated rings. The number of nitrogens with zero attached hydrogens (tertiary/aromatic N) is 3. The summed E-state index contributed by atoms with van der Waals surface area (Å²) in [5, 5.41) is 9.57. The van der Waals surface area contributed by atoms with E-state index >= 15 is 0 Å². The Bertz CT molecular complexity index is 475. The number of hydrogen-bond donors (Lipinski definition) is 1. The van der Waals surface area contributed by atoms with Crippen LogP contribution in [0.1, 0.15) is 37.6 Å². The highest BCUT2D eigenvalue weighted by Crippen LogP contribution is 2.37. The third-order valence-electron chi connectivity index (χ3n) is 3.78. The zero-order valence-corrected chi connectivity index (χ0v) is 11.1. The molecule has 1 unspecified atom stereocenters. The Morgan fingerprint density at radius 1 is 1.56 bits per heavy atom. The molecule has 1 aliphatic heterocycles. The second kappa shape index (κ2) is 4.55. The van der Waals surface area contributed by atoms with Crippen LogP contribution in [0.25, 0.3) is 0 Å². The number of rotatable bonds is 3. The largest absolute Gasteiger partial charge is 0.479 e. The molecule has 5 heteroatoms. The van der Waals surface area contributed by atoms with E-state index in [4.69, 9.17) is 0 Å². The summed E-state index contributed by atoms with van der Waals surface area (Å²) in [4.78, 5) is 22.3. The van der Waals surface area contributed by atoms with E-state index in [0.29, 0.717) is 12.8 Å². The molecule has 0 amide bonds. The van der Waals surface area contributed by atoms with Crippen molar-refractivity contribution in [3.05, 3.63) is 17.6 Å². The Morgan fingerprint density at radius 2 is 2.28 bits per heavy atom. The zero-order valence-electron chi connectivity index (χ0n) is 11.1. The summed E-state index contributed by atoms with van der Waals surface area (Å²) < 4.78 is 0. The molecule has 0 aliphatic carbocycles. The number of aryl methyl sites for hydroxylation is 2. The lowest BCUT2D eigenvalue weighted by molar-refractivity contribution is -0.143. The van der Waals surface area contributed by atoms with Gasteiger partial charge in [-0.25, -0.2) is 9.78 Å². The Balaban J connectivity index is 2.48. The van der Waals surface area contributed by atoms with Crippen LogP contribution in [-0.2, 0) is 4.79 Å². The third kappa shape index (κ3) is 1.83. The summed E-state index contributed by atoms with van der Waals surface area (Å²) in [6, 6.07) is 0. The molecule has 1 saturated heterocycles. The van der Waals surface area contributed by atoms with Gasteiger partial charge in [0, 0.05) is 12.7 Å². The molecule has 0 bridgehead atoms. The topological polar surface area (TPSA) is 66.3 Å². The molecular weight excluding hydrogens is 230 g/mol. The zero-order chi connectivity index (χ0) is 13.3. The second-order valence-electron chi connectivity index (χ2n) is 4.87. The van der Waals surface area contributed by atoms with Gasteiger partial charge in [0.1, 0.15) is 5.54 Å². The maximum Gasteiger partial charge on any atom is 0.329 e. The number of carboxylic acid groups (broad SMARTS) is 1. The highest BCUT2D eigenvalue weighted by molar-refractivity contribution is 5.84. The molecule has 1 atom stereocenters. The molecule has 0 aromatic carbocycles. The van der Waals surface area contributed by atoms with Crippen LogP contribution < -0.4 is 4.90 Å². The van der Waals surface area contributed by atoms with Crippen molar-refractivity contribution in [2.45, 2.75) is 45.6 Å². The van der Waals surface area contributed by atoms with Crippen LogP contribution in [0.5, 0.6) is 0 Å². The van der Waals surface area contributed by atoms with Gasteiger partial charge in [-0.1, -0.05) is 6.92 Å². The maximum atomic E-state index is 11.6. The molecule has 1 aliphatic rings. The van der Waals surface area contributed by atoms with Crippen LogP contribution in [0, 0.1) is 13.8 Å². The fourth-order valence-corrected chi connectivity index (χ4v) is 2.71. The molecule has 0 radical (unpaired) electrons. The summed E-state index contributed by atoms with van der Waals surface area (Å²) in [6.45, 7) is 6.41. The molecule has 1 aromatic rings. The van der Waals surface area contributed by atoms with Gasteiger partial charge in [-0.2, -0.15) is 0 Å². The third-order valence-corrected chi connectivity index (χ3v) is 3.78. The summed E-state index contributed by atoms with van der Waals surface area (Å²) in [5.74, 6) is -0.0399. The lowest BCUT2D eigenvalue weighted by Crippen LogP contribution is -2.51.